The molecule has 0 aliphatic carbocycles. The molecule has 0 saturated heterocycles. The third-order valence-electron chi connectivity index (χ3n) is 3.87. The SMILES string of the molecule is CCOC(=O)C1=C(CSc2nc3ccccc3[nH]2)NC(=O)N[C@H]1CC. The molecule has 25 heavy (non-hydrogen) atoms. The van der Waals surface area contributed by atoms with Gasteiger partial charge in [-0.2, -0.15) is 0 Å². The molecule has 2 amide bonds. The molecule has 2 heterocycles. The number of fused-ring (bicyclic) bond motifs is 1. The number of aromatic nitrogens is 2. The van der Waals surface area contributed by atoms with Crippen molar-refractivity contribution in [3.63, 3.8) is 0 Å². The summed E-state index contributed by atoms with van der Waals surface area (Å²) in [6.45, 7) is 3.97. The van der Waals surface area contributed by atoms with Gasteiger partial charge in [0.1, 0.15) is 0 Å². The van der Waals surface area contributed by atoms with E-state index in [1.165, 1.54) is 11.8 Å². The van der Waals surface area contributed by atoms with Crippen molar-refractivity contribution in [3.8, 4) is 0 Å². The molecule has 1 aromatic heterocycles. The van der Waals surface area contributed by atoms with Crippen LogP contribution in [0.1, 0.15) is 20.3 Å². The molecule has 1 aliphatic heterocycles. The maximum atomic E-state index is 12.3. The molecule has 132 valence electrons. The largest absolute Gasteiger partial charge is 0.463 e. The number of urea groups is 1. The molecule has 0 fully saturated rings. The number of ether oxygens (including phenoxy) is 1. The van der Waals surface area contributed by atoms with Crippen LogP contribution >= 0.6 is 11.8 Å². The van der Waals surface area contributed by atoms with Gasteiger partial charge in [-0.3, -0.25) is 0 Å². The van der Waals surface area contributed by atoms with Gasteiger partial charge in [0.2, 0.25) is 0 Å². The Morgan fingerprint density at radius 1 is 1.32 bits per heavy atom. The molecule has 0 unspecified atom stereocenters. The maximum Gasteiger partial charge on any atom is 0.337 e. The Bertz CT molecular complexity index is 797. The number of H-pyrrole nitrogens is 1. The van der Waals surface area contributed by atoms with Crippen LogP contribution in [0.15, 0.2) is 40.7 Å². The summed E-state index contributed by atoms with van der Waals surface area (Å²) in [5.74, 6) is 0.0137. The highest BCUT2D eigenvalue weighted by atomic mass is 32.2. The lowest BCUT2D eigenvalue weighted by molar-refractivity contribution is -0.139. The zero-order valence-corrected chi connectivity index (χ0v) is 14.9. The fourth-order valence-electron chi connectivity index (χ4n) is 2.71. The van der Waals surface area contributed by atoms with E-state index in [1.54, 1.807) is 6.92 Å². The smallest absolute Gasteiger partial charge is 0.337 e. The van der Waals surface area contributed by atoms with Crippen LogP contribution in [-0.4, -0.2) is 40.4 Å². The Hall–Kier alpha value is -2.48. The highest BCUT2D eigenvalue weighted by Crippen LogP contribution is 2.24. The lowest BCUT2D eigenvalue weighted by Crippen LogP contribution is -2.50. The first-order valence-corrected chi connectivity index (χ1v) is 9.16. The summed E-state index contributed by atoms with van der Waals surface area (Å²) < 4.78 is 5.16. The Morgan fingerprint density at radius 3 is 2.84 bits per heavy atom. The summed E-state index contributed by atoms with van der Waals surface area (Å²) in [5, 5.41) is 6.24. The fraction of sp³-hybridized carbons (Fsp3) is 0.353. The number of nitrogens with zero attached hydrogens (tertiary/aromatic N) is 1. The topological polar surface area (TPSA) is 96.1 Å². The van der Waals surface area contributed by atoms with Crippen molar-refractivity contribution in [3.05, 3.63) is 35.5 Å². The van der Waals surface area contributed by atoms with Crippen LogP contribution in [0.2, 0.25) is 0 Å². The number of carbonyl (C=O) groups is 2. The van der Waals surface area contributed by atoms with Crippen molar-refractivity contribution in [2.24, 2.45) is 0 Å². The molecule has 2 aromatic rings. The van der Waals surface area contributed by atoms with Gasteiger partial charge in [-0.1, -0.05) is 30.8 Å². The average molecular weight is 360 g/mol. The summed E-state index contributed by atoms with van der Waals surface area (Å²) >= 11 is 1.43. The van der Waals surface area contributed by atoms with Gasteiger partial charge in [-0.15, -0.1) is 0 Å². The van der Waals surface area contributed by atoms with Crippen LogP contribution in [0.5, 0.6) is 0 Å². The summed E-state index contributed by atoms with van der Waals surface area (Å²) in [6, 6.07) is 7.10. The summed E-state index contributed by atoms with van der Waals surface area (Å²) in [7, 11) is 0. The van der Waals surface area contributed by atoms with Gasteiger partial charge < -0.3 is 20.4 Å². The molecular formula is C17H20N4O3S. The monoisotopic (exact) mass is 360 g/mol. The first-order valence-electron chi connectivity index (χ1n) is 8.17. The number of nitrogens with one attached hydrogen (secondary N) is 3. The number of hydrogen-bond acceptors (Lipinski definition) is 5. The molecule has 3 N–H and O–H groups in total. The predicted molar refractivity (Wildman–Crippen MR) is 96.2 cm³/mol. The number of thioether (sulfide) groups is 1. The first kappa shape index (κ1) is 17.3. The molecular weight excluding hydrogens is 340 g/mol. The number of imidazole rings is 1. The molecule has 0 saturated carbocycles. The van der Waals surface area contributed by atoms with Crippen LogP contribution in [0.4, 0.5) is 4.79 Å². The van der Waals surface area contributed by atoms with E-state index in [4.69, 9.17) is 4.74 Å². The third-order valence-corrected chi connectivity index (χ3v) is 4.77. The fourth-order valence-corrected chi connectivity index (χ4v) is 3.57. The van der Waals surface area contributed by atoms with E-state index in [2.05, 4.69) is 20.6 Å². The Kier molecular flexibility index (Phi) is 5.28. The second-order valence-electron chi connectivity index (χ2n) is 5.52. The Morgan fingerprint density at radius 2 is 2.12 bits per heavy atom. The molecule has 1 aromatic carbocycles. The number of para-hydroxylation sites is 2. The first-order chi connectivity index (χ1) is 12.1. The number of aromatic amines is 1. The Balaban J connectivity index is 1.84. The van der Waals surface area contributed by atoms with Crippen LogP contribution < -0.4 is 10.6 Å². The molecule has 0 spiro atoms. The zero-order valence-electron chi connectivity index (χ0n) is 14.1. The van der Waals surface area contributed by atoms with Gasteiger partial charge in [-0.25, -0.2) is 14.6 Å². The lowest BCUT2D eigenvalue weighted by atomic mass is 10.0. The van der Waals surface area contributed by atoms with Crippen LogP contribution in [-0.2, 0) is 9.53 Å². The number of rotatable bonds is 6. The van der Waals surface area contributed by atoms with Crippen molar-refractivity contribution in [1.29, 1.82) is 0 Å². The number of benzene rings is 1. The molecule has 0 radical (unpaired) electrons. The third kappa shape index (κ3) is 3.79. The molecule has 0 bridgehead atoms. The molecule has 1 aliphatic rings. The van der Waals surface area contributed by atoms with Gasteiger partial charge >= 0.3 is 12.0 Å². The van der Waals surface area contributed by atoms with Crippen molar-refractivity contribution in [2.45, 2.75) is 31.5 Å². The van der Waals surface area contributed by atoms with Crippen LogP contribution in [0.25, 0.3) is 11.0 Å². The second-order valence-corrected chi connectivity index (χ2v) is 6.48. The van der Waals surface area contributed by atoms with E-state index >= 15 is 0 Å². The van der Waals surface area contributed by atoms with E-state index in [0.717, 1.165) is 16.2 Å². The standard InChI is InChI=1S/C17H20N4O3S/c1-3-10-14(15(22)24-4-2)13(19-16(23)18-10)9-25-17-20-11-7-5-6-8-12(11)21-17/h5-8,10H,3-4,9H2,1-2H3,(H,20,21)(H2,18,19,23)/t10-/m0/s1. The highest BCUT2D eigenvalue weighted by molar-refractivity contribution is 7.99. The molecule has 8 heteroatoms. The minimum absolute atomic E-state index is 0.288. The second kappa shape index (κ2) is 7.60. The number of carbonyl (C=O) groups excluding carboxylic acids is 2. The number of hydrogen-bond donors (Lipinski definition) is 3. The van der Waals surface area contributed by atoms with E-state index < -0.39 is 5.97 Å². The highest BCUT2D eigenvalue weighted by Gasteiger charge is 2.31. The van der Waals surface area contributed by atoms with Gasteiger partial charge in [0.25, 0.3) is 0 Å². The van der Waals surface area contributed by atoms with E-state index in [0.29, 0.717) is 23.4 Å². The van der Waals surface area contributed by atoms with Crippen LogP contribution in [0.3, 0.4) is 0 Å². The van der Waals surface area contributed by atoms with E-state index in [9.17, 15) is 9.59 Å². The number of amides is 2. The molecule has 7 nitrogen and oxygen atoms in total. The van der Waals surface area contributed by atoms with Gasteiger partial charge in [0.15, 0.2) is 5.16 Å². The molecule has 1 atom stereocenters. The normalized spacial score (nSPS) is 17.4. The average Bonchev–Trinajstić information content (AvgIpc) is 3.02. The lowest BCUT2D eigenvalue weighted by Gasteiger charge is -2.28. The van der Waals surface area contributed by atoms with Crippen molar-refractivity contribution in [1.82, 2.24) is 20.6 Å². The predicted octanol–water partition coefficient (Wildman–Crippen LogP) is 2.56. The van der Waals surface area contributed by atoms with E-state index in [-0.39, 0.29) is 18.7 Å². The summed E-state index contributed by atoms with van der Waals surface area (Å²) in [4.78, 5) is 31.9. The Labute approximate surface area is 149 Å². The zero-order chi connectivity index (χ0) is 17.8. The van der Waals surface area contributed by atoms with Crippen molar-refractivity contribution >= 4 is 34.8 Å². The van der Waals surface area contributed by atoms with Crippen molar-refractivity contribution in [2.75, 3.05) is 12.4 Å². The van der Waals surface area contributed by atoms with Gasteiger partial charge in [0, 0.05) is 11.4 Å². The minimum atomic E-state index is -0.401. The maximum absolute atomic E-state index is 12.3. The molecule has 3 rings (SSSR count). The minimum Gasteiger partial charge on any atom is -0.463 e. The summed E-state index contributed by atoms with van der Waals surface area (Å²) in [5.41, 5.74) is 2.88. The van der Waals surface area contributed by atoms with Gasteiger partial charge in [-0.05, 0) is 25.5 Å². The quantitative estimate of drug-likeness (QED) is 0.543. The van der Waals surface area contributed by atoms with E-state index in [1.807, 2.05) is 31.2 Å². The summed E-state index contributed by atoms with van der Waals surface area (Å²) in [6.07, 6.45) is 0.611. The van der Waals surface area contributed by atoms with Gasteiger partial charge in [0.05, 0.1) is 29.3 Å². The van der Waals surface area contributed by atoms with Crippen molar-refractivity contribution < 1.29 is 14.3 Å². The number of esters is 1. The van der Waals surface area contributed by atoms with Crippen LogP contribution in [0, 0.1) is 0 Å².